The topological polar surface area (TPSA) is 32.3 Å². The Morgan fingerprint density at radius 2 is 2.00 bits per heavy atom. The molecule has 0 saturated carbocycles. The summed E-state index contributed by atoms with van der Waals surface area (Å²) in [5, 5.41) is 14.4. The number of aromatic hydroxyl groups is 1. The summed E-state index contributed by atoms with van der Waals surface area (Å²) in [6, 6.07) is 10.4. The molecule has 0 fully saturated rings. The van der Waals surface area contributed by atoms with Crippen molar-refractivity contribution in [1.29, 1.82) is 0 Å². The molecule has 1 unspecified atom stereocenters. The zero-order valence-electron chi connectivity index (χ0n) is 11.7. The Morgan fingerprint density at radius 1 is 1.20 bits per heavy atom. The van der Waals surface area contributed by atoms with Crippen LogP contribution < -0.4 is 5.32 Å². The highest BCUT2D eigenvalue weighted by Crippen LogP contribution is 2.37. The Balaban J connectivity index is 1.90. The summed E-state index contributed by atoms with van der Waals surface area (Å²) < 4.78 is 0. The van der Waals surface area contributed by atoms with E-state index in [4.69, 9.17) is 11.6 Å². The Labute approximate surface area is 124 Å². The minimum atomic E-state index is 0.295. The van der Waals surface area contributed by atoms with Crippen LogP contribution in [0.5, 0.6) is 5.75 Å². The smallest absolute Gasteiger partial charge is 0.123 e. The first-order chi connectivity index (χ1) is 9.56. The number of nitrogens with one attached hydrogen (secondary N) is 1. The molecule has 2 aromatic rings. The lowest BCUT2D eigenvalue weighted by Gasteiger charge is -2.18. The first-order valence-corrected chi connectivity index (χ1v) is 7.28. The van der Waals surface area contributed by atoms with E-state index >= 15 is 0 Å². The van der Waals surface area contributed by atoms with Gasteiger partial charge in [-0.05, 0) is 61.6 Å². The third kappa shape index (κ3) is 2.25. The van der Waals surface area contributed by atoms with E-state index in [1.54, 1.807) is 0 Å². The highest BCUT2D eigenvalue weighted by molar-refractivity contribution is 6.30. The van der Waals surface area contributed by atoms with Gasteiger partial charge in [0.15, 0.2) is 0 Å². The SMILES string of the molecule is Cc1ccc(NC2CCc3cc(Cl)ccc32)c(C)c1O. The maximum Gasteiger partial charge on any atom is 0.123 e. The average Bonchev–Trinajstić information content (AvgIpc) is 2.82. The Kier molecular flexibility index (Phi) is 3.35. The quantitative estimate of drug-likeness (QED) is 0.834. The zero-order chi connectivity index (χ0) is 14.3. The first kappa shape index (κ1) is 13.3. The summed E-state index contributed by atoms with van der Waals surface area (Å²) in [6.07, 6.45) is 2.11. The van der Waals surface area contributed by atoms with Gasteiger partial charge in [0.05, 0.1) is 6.04 Å². The molecule has 0 aliphatic heterocycles. The molecule has 0 saturated heterocycles. The molecule has 20 heavy (non-hydrogen) atoms. The number of phenols is 1. The molecule has 0 bridgehead atoms. The van der Waals surface area contributed by atoms with Gasteiger partial charge in [-0.1, -0.05) is 23.7 Å². The number of hydrogen-bond acceptors (Lipinski definition) is 2. The Bertz CT molecular complexity index is 666. The lowest BCUT2D eigenvalue weighted by atomic mass is 10.1. The van der Waals surface area contributed by atoms with Crippen LogP contribution in [-0.2, 0) is 6.42 Å². The molecule has 3 heteroatoms. The highest BCUT2D eigenvalue weighted by Gasteiger charge is 2.23. The van der Waals surface area contributed by atoms with E-state index in [1.165, 1.54) is 11.1 Å². The van der Waals surface area contributed by atoms with Crippen molar-refractivity contribution in [2.24, 2.45) is 0 Å². The van der Waals surface area contributed by atoms with Crippen LogP contribution in [0.15, 0.2) is 30.3 Å². The Morgan fingerprint density at radius 3 is 2.80 bits per heavy atom. The van der Waals surface area contributed by atoms with Crippen molar-refractivity contribution in [3.8, 4) is 5.75 Å². The van der Waals surface area contributed by atoms with Crippen molar-refractivity contribution in [2.45, 2.75) is 32.7 Å². The fraction of sp³-hybridized carbons (Fsp3) is 0.294. The van der Waals surface area contributed by atoms with Crippen LogP contribution in [0.2, 0.25) is 5.02 Å². The molecule has 0 spiro atoms. The summed E-state index contributed by atoms with van der Waals surface area (Å²) in [7, 11) is 0. The minimum Gasteiger partial charge on any atom is -0.507 e. The predicted molar refractivity (Wildman–Crippen MR) is 83.7 cm³/mol. The molecular formula is C17H18ClNO. The summed E-state index contributed by atoms with van der Waals surface area (Å²) >= 11 is 6.04. The summed E-state index contributed by atoms with van der Waals surface area (Å²) in [6.45, 7) is 3.86. The third-order valence-electron chi connectivity index (χ3n) is 4.15. The number of rotatable bonds is 2. The molecule has 1 aliphatic rings. The molecule has 1 atom stereocenters. The van der Waals surface area contributed by atoms with Gasteiger partial charge in [0.2, 0.25) is 0 Å². The molecule has 2 aromatic carbocycles. The van der Waals surface area contributed by atoms with E-state index in [-0.39, 0.29) is 0 Å². The number of phenolic OH excluding ortho intramolecular Hbond substituents is 1. The Hall–Kier alpha value is -1.67. The molecule has 2 nitrogen and oxygen atoms in total. The van der Waals surface area contributed by atoms with Gasteiger partial charge in [-0.3, -0.25) is 0 Å². The molecule has 0 heterocycles. The summed E-state index contributed by atoms with van der Waals surface area (Å²) in [5.41, 5.74) is 5.46. The number of hydrogen-bond donors (Lipinski definition) is 2. The molecule has 0 radical (unpaired) electrons. The van der Waals surface area contributed by atoms with Crippen LogP contribution in [0.4, 0.5) is 5.69 Å². The van der Waals surface area contributed by atoms with Crippen molar-refractivity contribution >= 4 is 17.3 Å². The van der Waals surface area contributed by atoms with Crippen LogP contribution in [-0.4, -0.2) is 5.11 Å². The number of benzene rings is 2. The molecule has 0 amide bonds. The van der Waals surface area contributed by atoms with Crippen molar-refractivity contribution in [3.63, 3.8) is 0 Å². The molecule has 104 valence electrons. The van der Waals surface area contributed by atoms with Gasteiger partial charge in [-0.2, -0.15) is 0 Å². The van der Waals surface area contributed by atoms with Gasteiger partial charge >= 0.3 is 0 Å². The lowest BCUT2D eigenvalue weighted by molar-refractivity contribution is 0.467. The number of halogens is 1. The largest absolute Gasteiger partial charge is 0.507 e. The van der Waals surface area contributed by atoms with Crippen molar-refractivity contribution < 1.29 is 5.11 Å². The average molecular weight is 288 g/mol. The van der Waals surface area contributed by atoms with Crippen molar-refractivity contribution in [1.82, 2.24) is 0 Å². The normalized spacial score (nSPS) is 17.1. The van der Waals surface area contributed by atoms with Gasteiger partial charge in [0, 0.05) is 16.3 Å². The molecule has 0 aromatic heterocycles. The maximum atomic E-state index is 10.0. The molecule has 2 N–H and O–H groups in total. The summed E-state index contributed by atoms with van der Waals surface area (Å²) in [5.74, 6) is 0.379. The fourth-order valence-corrected chi connectivity index (χ4v) is 3.11. The second-order valence-electron chi connectivity index (χ2n) is 5.48. The van der Waals surface area contributed by atoms with Crippen LogP contribution in [0, 0.1) is 13.8 Å². The second-order valence-corrected chi connectivity index (χ2v) is 5.92. The van der Waals surface area contributed by atoms with Gasteiger partial charge in [-0.15, -0.1) is 0 Å². The second kappa shape index (κ2) is 5.02. The molecule has 1 aliphatic carbocycles. The van der Waals surface area contributed by atoms with Crippen LogP contribution in [0.25, 0.3) is 0 Å². The van der Waals surface area contributed by atoms with Crippen LogP contribution in [0.3, 0.4) is 0 Å². The van der Waals surface area contributed by atoms with E-state index in [9.17, 15) is 5.11 Å². The van der Waals surface area contributed by atoms with Gasteiger partial charge in [0.25, 0.3) is 0 Å². The van der Waals surface area contributed by atoms with Gasteiger partial charge in [0.1, 0.15) is 5.75 Å². The first-order valence-electron chi connectivity index (χ1n) is 6.90. The van der Waals surface area contributed by atoms with Crippen molar-refractivity contribution in [3.05, 3.63) is 57.6 Å². The van der Waals surface area contributed by atoms with E-state index in [0.717, 1.165) is 34.7 Å². The van der Waals surface area contributed by atoms with E-state index in [0.29, 0.717) is 11.8 Å². The van der Waals surface area contributed by atoms with E-state index in [2.05, 4.69) is 17.4 Å². The number of anilines is 1. The van der Waals surface area contributed by atoms with Crippen LogP contribution >= 0.6 is 11.6 Å². The van der Waals surface area contributed by atoms with Gasteiger partial charge in [-0.25, -0.2) is 0 Å². The standard InChI is InChI=1S/C17H18ClNO/c1-10-3-7-15(11(2)17(10)20)19-16-8-4-12-9-13(18)5-6-14(12)16/h3,5-7,9,16,19-20H,4,8H2,1-2H3. The van der Waals surface area contributed by atoms with Gasteiger partial charge < -0.3 is 10.4 Å². The van der Waals surface area contributed by atoms with Crippen LogP contribution in [0.1, 0.15) is 34.7 Å². The summed E-state index contributed by atoms with van der Waals surface area (Å²) in [4.78, 5) is 0. The highest BCUT2D eigenvalue weighted by atomic mass is 35.5. The van der Waals surface area contributed by atoms with Crippen molar-refractivity contribution in [2.75, 3.05) is 5.32 Å². The number of aryl methyl sites for hydroxylation is 2. The lowest BCUT2D eigenvalue weighted by Crippen LogP contribution is -2.08. The number of fused-ring (bicyclic) bond motifs is 1. The minimum absolute atomic E-state index is 0.295. The van der Waals surface area contributed by atoms with E-state index < -0.39 is 0 Å². The monoisotopic (exact) mass is 287 g/mol. The predicted octanol–water partition coefficient (Wildman–Crippen LogP) is 4.76. The van der Waals surface area contributed by atoms with E-state index in [1.807, 2.05) is 32.0 Å². The third-order valence-corrected chi connectivity index (χ3v) is 4.38. The zero-order valence-corrected chi connectivity index (χ0v) is 12.5. The molecule has 3 rings (SSSR count). The fourth-order valence-electron chi connectivity index (χ4n) is 2.92. The molecular weight excluding hydrogens is 270 g/mol. The maximum absolute atomic E-state index is 10.0.